The van der Waals surface area contributed by atoms with Crippen LogP contribution in [0.4, 0.5) is 0 Å². The first kappa shape index (κ1) is 16.7. The Bertz CT molecular complexity index is 937. The Morgan fingerprint density at radius 1 is 1.35 bits per heavy atom. The number of nitrogens with one attached hydrogen (secondary N) is 2. The van der Waals surface area contributed by atoms with Crippen molar-refractivity contribution in [3.63, 3.8) is 0 Å². The van der Waals surface area contributed by atoms with Crippen LogP contribution in [0.1, 0.15) is 43.8 Å². The number of hydrogen-bond donors (Lipinski definition) is 2. The quantitative estimate of drug-likeness (QED) is 0.678. The topological polar surface area (TPSA) is 80.1 Å². The highest BCUT2D eigenvalue weighted by atomic mass is 16.5. The Morgan fingerprint density at radius 3 is 2.92 bits per heavy atom. The maximum Gasteiger partial charge on any atom is 0.226 e. The molecular formula is C20H23N3O3. The van der Waals surface area contributed by atoms with Gasteiger partial charge in [-0.2, -0.15) is 0 Å². The standard InChI is InChI=1S/C20H23N3O3/c1-3-16-9-15(23-26-16)12-25-17-5-4-13-8-14(22-18(13)10-17)11-21-19(24)20(2)6-7-20/h4-5,8-10,22H,3,6-7,11-12H2,1-2H3,(H,21,24). The van der Waals surface area contributed by atoms with Gasteiger partial charge in [-0.15, -0.1) is 0 Å². The van der Waals surface area contributed by atoms with E-state index in [4.69, 9.17) is 9.26 Å². The summed E-state index contributed by atoms with van der Waals surface area (Å²) in [7, 11) is 0. The van der Waals surface area contributed by atoms with Crippen LogP contribution in [0.3, 0.4) is 0 Å². The van der Waals surface area contributed by atoms with Crippen LogP contribution in [0.2, 0.25) is 0 Å². The normalized spacial score (nSPS) is 15.2. The number of amides is 1. The summed E-state index contributed by atoms with van der Waals surface area (Å²) in [6.07, 6.45) is 2.79. The molecule has 2 N–H and O–H groups in total. The first-order valence-corrected chi connectivity index (χ1v) is 9.03. The van der Waals surface area contributed by atoms with E-state index in [2.05, 4.69) is 21.5 Å². The summed E-state index contributed by atoms with van der Waals surface area (Å²) in [6.45, 7) is 4.92. The van der Waals surface area contributed by atoms with Gasteiger partial charge in [0.05, 0.1) is 6.54 Å². The van der Waals surface area contributed by atoms with Crippen molar-refractivity contribution in [1.82, 2.24) is 15.5 Å². The lowest BCUT2D eigenvalue weighted by Crippen LogP contribution is -2.29. The van der Waals surface area contributed by atoms with Gasteiger partial charge in [-0.05, 0) is 36.4 Å². The van der Waals surface area contributed by atoms with Gasteiger partial charge in [-0.25, -0.2) is 0 Å². The second-order valence-corrected chi connectivity index (χ2v) is 7.21. The van der Waals surface area contributed by atoms with Gasteiger partial charge in [0.15, 0.2) is 0 Å². The van der Waals surface area contributed by atoms with Crippen LogP contribution in [-0.2, 0) is 24.4 Å². The number of ether oxygens (including phenoxy) is 1. The lowest BCUT2D eigenvalue weighted by molar-refractivity contribution is -0.125. The molecule has 1 amide bonds. The molecule has 2 heterocycles. The van der Waals surface area contributed by atoms with Gasteiger partial charge in [-0.1, -0.05) is 19.0 Å². The molecule has 0 atom stereocenters. The Labute approximate surface area is 151 Å². The van der Waals surface area contributed by atoms with Gasteiger partial charge in [0.25, 0.3) is 0 Å². The summed E-state index contributed by atoms with van der Waals surface area (Å²) in [5.74, 6) is 1.76. The van der Waals surface area contributed by atoms with Crippen molar-refractivity contribution < 1.29 is 14.1 Å². The van der Waals surface area contributed by atoms with Gasteiger partial charge < -0.3 is 19.6 Å². The molecular weight excluding hydrogens is 330 g/mol. The average molecular weight is 353 g/mol. The Morgan fingerprint density at radius 2 is 2.19 bits per heavy atom. The fourth-order valence-electron chi connectivity index (χ4n) is 2.90. The second-order valence-electron chi connectivity index (χ2n) is 7.21. The van der Waals surface area contributed by atoms with Crippen LogP contribution in [0, 0.1) is 5.41 Å². The molecule has 2 aromatic heterocycles. The lowest BCUT2D eigenvalue weighted by Gasteiger charge is -2.08. The minimum atomic E-state index is -0.147. The number of fused-ring (bicyclic) bond motifs is 1. The molecule has 0 unspecified atom stereocenters. The zero-order chi connectivity index (χ0) is 18.1. The van der Waals surface area contributed by atoms with Crippen molar-refractivity contribution in [3.8, 4) is 5.75 Å². The van der Waals surface area contributed by atoms with Crippen molar-refractivity contribution >= 4 is 16.8 Å². The number of carbonyl (C=O) groups is 1. The number of aromatic amines is 1. The third kappa shape index (κ3) is 3.45. The largest absolute Gasteiger partial charge is 0.487 e. The Hall–Kier alpha value is -2.76. The minimum absolute atomic E-state index is 0.138. The molecule has 0 bridgehead atoms. The summed E-state index contributed by atoms with van der Waals surface area (Å²) in [6, 6.07) is 9.87. The maximum absolute atomic E-state index is 12.1. The number of hydrogen-bond acceptors (Lipinski definition) is 4. The molecule has 136 valence electrons. The number of H-pyrrole nitrogens is 1. The first-order valence-electron chi connectivity index (χ1n) is 9.03. The molecule has 1 aromatic carbocycles. The fraction of sp³-hybridized carbons (Fsp3) is 0.400. The van der Waals surface area contributed by atoms with Crippen LogP contribution in [-0.4, -0.2) is 16.0 Å². The molecule has 26 heavy (non-hydrogen) atoms. The molecule has 1 saturated carbocycles. The number of aromatic nitrogens is 2. The van der Waals surface area contributed by atoms with Gasteiger partial charge in [0, 0.05) is 35.2 Å². The summed E-state index contributed by atoms with van der Waals surface area (Å²) >= 11 is 0. The highest BCUT2D eigenvalue weighted by molar-refractivity contribution is 5.85. The minimum Gasteiger partial charge on any atom is -0.487 e. The van der Waals surface area contributed by atoms with E-state index in [1.807, 2.05) is 38.1 Å². The molecule has 0 aliphatic heterocycles. The molecule has 4 rings (SSSR count). The van der Waals surface area contributed by atoms with Crippen molar-refractivity contribution in [2.45, 2.75) is 46.3 Å². The highest BCUT2D eigenvalue weighted by Gasteiger charge is 2.44. The van der Waals surface area contributed by atoms with Gasteiger partial charge >= 0.3 is 0 Å². The Balaban J connectivity index is 1.39. The van der Waals surface area contributed by atoms with Crippen molar-refractivity contribution in [3.05, 3.63) is 47.5 Å². The smallest absolute Gasteiger partial charge is 0.226 e. The van der Waals surface area contributed by atoms with Crippen molar-refractivity contribution in [2.24, 2.45) is 5.41 Å². The molecule has 1 aliphatic rings. The van der Waals surface area contributed by atoms with E-state index in [-0.39, 0.29) is 11.3 Å². The number of carbonyl (C=O) groups excluding carboxylic acids is 1. The third-order valence-corrected chi connectivity index (χ3v) is 4.98. The SMILES string of the molecule is CCc1cc(COc2ccc3cc(CNC(=O)C4(C)CC4)[nH]c3c2)no1. The van der Waals surface area contributed by atoms with Crippen LogP contribution in [0.5, 0.6) is 5.75 Å². The van der Waals surface area contributed by atoms with Crippen LogP contribution < -0.4 is 10.1 Å². The molecule has 1 fully saturated rings. The predicted octanol–water partition coefficient (Wildman–Crippen LogP) is 3.71. The summed E-state index contributed by atoms with van der Waals surface area (Å²) < 4.78 is 11.0. The van der Waals surface area contributed by atoms with E-state index in [0.717, 1.165) is 53.1 Å². The number of nitrogens with zero attached hydrogens (tertiary/aromatic N) is 1. The van der Waals surface area contributed by atoms with Gasteiger partial charge in [0.2, 0.25) is 5.91 Å². The van der Waals surface area contributed by atoms with Gasteiger partial charge in [-0.3, -0.25) is 4.79 Å². The molecule has 0 saturated heterocycles. The van der Waals surface area contributed by atoms with Crippen LogP contribution in [0.15, 0.2) is 34.9 Å². The summed E-state index contributed by atoms with van der Waals surface area (Å²) in [4.78, 5) is 15.4. The van der Waals surface area contributed by atoms with Crippen LogP contribution in [0.25, 0.3) is 10.9 Å². The van der Waals surface area contributed by atoms with E-state index in [1.165, 1.54) is 0 Å². The average Bonchev–Trinajstić information content (AvgIpc) is 3.09. The Kier molecular flexibility index (Phi) is 4.18. The highest BCUT2D eigenvalue weighted by Crippen LogP contribution is 2.45. The number of rotatable bonds is 7. The maximum atomic E-state index is 12.1. The number of aryl methyl sites for hydroxylation is 1. The zero-order valence-corrected chi connectivity index (χ0v) is 15.1. The molecule has 0 spiro atoms. The monoisotopic (exact) mass is 353 g/mol. The summed E-state index contributed by atoms with van der Waals surface area (Å²) in [5, 5.41) is 8.09. The molecule has 1 aliphatic carbocycles. The van der Waals surface area contributed by atoms with Crippen LogP contribution >= 0.6 is 0 Å². The first-order chi connectivity index (χ1) is 12.6. The van der Waals surface area contributed by atoms with E-state index in [9.17, 15) is 4.79 Å². The van der Waals surface area contributed by atoms with E-state index < -0.39 is 0 Å². The van der Waals surface area contributed by atoms with Crippen molar-refractivity contribution in [1.29, 1.82) is 0 Å². The zero-order valence-electron chi connectivity index (χ0n) is 15.1. The second kappa shape index (κ2) is 6.52. The van der Waals surface area contributed by atoms with E-state index in [1.54, 1.807) is 0 Å². The molecule has 3 aromatic rings. The predicted molar refractivity (Wildman–Crippen MR) is 97.7 cm³/mol. The fourth-order valence-corrected chi connectivity index (χ4v) is 2.90. The van der Waals surface area contributed by atoms with E-state index in [0.29, 0.717) is 13.2 Å². The van der Waals surface area contributed by atoms with Gasteiger partial charge in [0.1, 0.15) is 23.8 Å². The lowest BCUT2D eigenvalue weighted by atomic mass is 10.1. The summed E-state index contributed by atoms with van der Waals surface area (Å²) in [5.41, 5.74) is 2.61. The molecule has 6 heteroatoms. The van der Waals surface area contributed by atoms with E-state index >= 15 is 0 Å². The molecule has 0 radical (unpaired) electrons. The molecule has 6 nitrogen and oxygen atoms in total. The third-order valence-electron chi connectivity index (χ3n) is 4.98. The van der Waals surface area contributed by atoms with Crippen molar-refractivity contribution in [2.75, 3.05) is 0 Å². The number of benzene rings is 1.